The van der Waals surface area contributed by atoms with Crippen LogP contribution in [0.3, 0.4) is 0 Å². The largest absolute Gasteiger partial charge is 0.493 e. The molecule has 0 aliphatic carbocycles. The van der Waals surface area contributed by atoms with Gasteiger partial charge in [0.2, 0.25) is 17.6 Å². The van der Waals surface area contributed by atoms with Crippen LogP contribution in [0.2, 0.25) is 0 Å². The minimum atomic E-state index is -0.840. The number of aliphatic imine (C=N–C) groups is 1. The Balaban J connectivity index is 0.798. The van der Waals surface area contributed by atoms with Crippen molar-refractivity contribution < 1.29 is 57.5 Å². The number of hydroxylamine groups is 2. The Hall–Kier alpha value is -8.03. The van der Waals surface area contributed by atoms with Crippen molar-refractivity contribution in [1.82, 2.24) is 19.9 Å². The molecule has 0 radical (unpaired) electrons. The molecule has 6 amide bonds. The van der Waals surface area contributed by atoms with E-state index in [0.29, 0.717) is 64.7 Å². The second kappa shape index (κ2) is 22.4. The molecule has 1 fully saturated rings. The fraction of sp³-hybridized carbons (Fsp3) is 0.380. The number of aryl methyl sites for hydroxylation is 1. The summed E-state index contributed by atoms with van der Waals surface area (Å²) < 4.78 is 13.0. The van der Waals surface area contributed by atoms with Crippen molar-refractivity contribution in [3.8, 4) is 11.5 Å². The zero-order valence-electron chi connectivity index (χ0n) is 39.3. The summed E-state index contributed by atoms with van der Waals surface area (Å²) in [6.07, 6.45) is 4.99. The molecule has 7 rings (SSSR count). The van der Waals surface area contributed by atoms with Crippen LogP contribution in [-0.2, 0) is 58.3 Å². The van der Waals surface area contributed by atoms with Crippen LogP contribution >= 0.6 is 0 Å². The van der Waals surface area contributed by atoms with Crippen LogP contribution in [0.5, 0.6) is 11.5 Å². The summed E-state index contributed by atoms with van der Waals surface area (Å²) in [6.45, 7) is 3.30. The van der Waals surface area contributed by atoms with Gasteiger partial charge in [-0.3, -0.25) is 48.2 Å². The lowest BCUT2D eigenvalue weighted by molar-refractivity contribution is -0.197. The number of benzene rings is 3. The van der Waals surface area contributed by atoms with Gasteiger partial charge < -0.3 is 34.8 Å². The smallest absolute Gasteiger partial charge is 0.333 e. The molecule has 20 heteroatoms. The molecule has 70 heavy (non-hydrogen) atoms. The minimum absolute atomic E-state index is 0.00291. The molecule has 3 aliphatic heterocycles. The first-order valence-electron chi connectivity index (χ1n) is 23.0. The van der Waals surface area contributed by atoms with Crippen molar-refractivity contribution in [3.05, 3.63) is 89.4 Å². The van der Waals surface area contributed by atoms with Crippen LogP contribution in [0.4, 0.5) is 22.9 Å². The van der Waals surface area contributed by atoms with Crippen LogP contribution in [0.1, 0.15) is 104 Å². The third-order valence-corrected chi connectivity index (χ3v) is 12.0. The molecule has 0 saturated carbocycles. The van der Waals surface area contributed by atoms with E-state index in [1.807, 2.05) is 24.3 Å². The van der Waals surface area contributed by atoms with E-state index in [2.05, 4.69) is 25.9 Å². The predicted molar refractivity (Wildman–Crippen MR) is 254 cm³/mol. The quantitative estimate of drug-likeness (QED) is 0.0682. The number of imidazole rings is 1. The molecule has 1 saturated heterocycles. The molecule has 3 N–H and O–H groups in total. The number of ketones is 2. The number of unbranched alkanes of at least 4 members (excludes halogenated alkanes) is 1. The van der Waals surface area contributed by atoms with Gasteiger partial charge in [0.05, 0.1) is 37.1 Å². The molecule has 366 valence electrons. The van der Waals surface area contributed by atoms with Crippen molar-refractivity contribution >= 4 is 82.1 Å². The number of hydrogen-bond donors (Lipinski definition) is 3. The van der Waals surface area contributed by atoms with Crippen LogP contribution in [-0.4, -0.2) is 99.6 Å². The Labute approximate surface area is 403 Å². The SMILES string of the molecule is COc1cc2c(cc1OCCCC(=O)Nc1cn(C)c(C(=O)Nc3ccc(CC(=O)[C@H](C)NC(=O)[C@H](C)CC(=O)CCCCC(=O)ON4C(=O)CCC4=O)cc3)n1)N=C[C@@H]1Cc3ccccc3N1C2=O. The monoisotopic (exact) mass is 958 g/mol. The summed E-state index contributed by atoms with van der Waals surface area (Å²) in [5, 5.41) is 8.62. The molecule has 3 aromatic carbocycles. The van der Waals surface area contributed by atoms with Gasteiger partial charge >= 0.3 is 5.97 Å². The van der Waals surface area contributed by atoms with Gasteiger partial charge in [-0.2, -0.15) is 0 Å². The van der Waals surface area contributed by atoms with Gasteiger partial charge in [-0.15, -0.1) is 5.06 Å². The van der Waals surface area contributed by atoms with E-state index in [9.17, 15) is 43.2 Å². The van der Waals surface area contributed by atoms with E-state index in [1.165, 1.54) is 17.9 Å². The van der Waals surface area contributed by atoms with Gasteiger partial charge in [-0.1, -0.05) is 37.3 Å². The number of hydrogen-bond acceptors (Lipinski definition) is 14. The number of ether oxygens (including phenoxy) is 2. The lowest BCUT2D eigenvalue weighted by atomic mass is 9.99. The molecule has 3 atom stereocenters. The van der Waals surface area contributed by atoms with Gasteiger partial charge in [0, 0.05) is 94.2 Å². The summed E-state index contributed by atoms with van der Waals surface area (Å²) in [5.74, 6) is -3.59. The van der Waals surface area contributed by atoms with Crippen molar-refractivity contribution in [3.63, 3.8) is 0 Å². The second-order valence-corrected chi connectivity index (χ2v) is 17.4. The van der Waals surface area contributed by atoms with Gasteiger partial charge in [0.25, 0.3) is 23.6 Å². The molecule has 4 aromatic rings. The van der Waals surface area contributed by atoms with E-state index >= 15 is 0 Å². The van der Waals surface area contributed by atoms with Crippen LogP contribution in [0, 0.1) is 5.92 Å². The van der Waals surface area contributed by atoms with Gasteiger partial charge in [0.1, 0.15) is 5.78 Å². The maximum Gasteiger partial charge on any atom is 0.333 e. The minimum Gasteiger partial charge on any atom is -0.493 e. The van der Waals surface area contributed by atoms with E-state index in [1.54, 1.807) is 68.4 Å². The highest BCUT2D eigenvalue weighted by molar-refractivity contribution is 6.15. The van der Waals surface area contributed by atoms with Crippen LogP contribution in [0.25, 0.3) is 0 Å². The number of amides is 6. The zero-order valence-corrected chi connectivity index (χ0v) is 39.3. The topological polar surface area (TPSA) is 254 Å². The average Bonchev–Trinajstić information content (AvgIpc) is 3.98. The molecule has 0 spiro atoms. The van der Waals surface area contributed by atoms with E-state index in [-0.39, 0.29) is 92.6 Å². The summed E-state index contributed by atoms with van der Waals surface area (Å²) in [7, 11) is 3.10. The first-order valence-corrected chi connectivity index (χ1v) is 23.0. The van der Waals surface area contributed by atoms with Gasteiger partial charge in [-0.05, 0) is 61.6 Å². The Morgan fingerprint density at radius 1 is 0.857 bits per heavy atom. The molecule has 20 nitrogen and oxygen atoms in total. The molecular formula is C50H54N8O12. The molecule has 1 aromatic heterocycles. The molecule has 0 unspecified atom stereocenters. The maximum atomic E-state index is 13.7. The predicted octanol–water partition coefficient (Wildman–Crippen LogP) is 5.15. The fourth-order valence-corrected chi connectivity index (χ4v) is 8.16. The highest BCUT2D eigenvalue weighted by Crippen LogP contribution is 2.41. The Bertz CT molecular complexity index is 2730. The maximum absolute atomic E-state index is 13.7. The number of nitrogens with zero attached hydrogens (tertiary/aromatic N) is 5. The number of imide groups is 1. The van der Waals surface area contributed by atoms with Crippen molar-refractivity contribution in [2.24, 2.45) is 18.0 Å². The van der Waals surface area contributed by atoms with Crippen molar-refractivity contribution in [1.29, 1.82) is 0 Å². The number of nitrogens with one attached hydrogen (secondary N) is 3. The van der Waals surface area contributed by atoms with Gasteiger partial charge in [0.15, 0.2) is 23.1 Å². The highest BCUT2D eigenvalue weighted by Gasteiger charge is 2.37. The third-order valence-electron chi connectivity index (χ3n) is 12.0. The van der Waals surface area contributed by atoms with Crippen molar-refractivity contribution in [2.75, 3.05) is 29.3 Å². The summed E-state index contributed by atoms with van der Waals surface area (Å²) >= 11 is 0. The second-order valence-electron chi connectivity index (χ2n) is 17.4. The Morgan fingerprint density at radius 3 is 2.33 bits per heavy atom. The number of carbonyl (C=O) groups excluding carboxylic acids is 9. The number of methoxy groups -OCH3 is 1. The number of fused-ring (bicyclic) bond motifs is 4. The molecule has 3 aliphatic rings. The average molecular weight is 959 g/mol. The number of para-hydroxylation sites is 1. The van der Waals surface area contributed by atoms with E-state index < -0.39 is 41.6 Å². The number of rotatable bonds is 22. The zero-order chi connectivity index (χ0) is 50.1. The highest BCUT2D eigenvalue weighted by atomic mass is 16.7. The standard InChI is InChI=1S/C50H54N8O12/c1-29(22-35(59)11-6-8-14-46(64)70-58-44(62)19-20-45(58)63)48(65)52-30(2)39(60)23-31-15-17-33(18-16-31)53-49(66)47-55-42(28-56(47)3)54-43(61)13-9-21-69-41-26-37-36(25-40(41)68-4)50(67)57-34(27-51-37)24-32-10-5-7-12-38(32)57/h5,7,10,12,15-18,25-30,34H,6,8-9,11,13-14,19-24H2,1-4H3,(H,52,65)(H,53,66)(H,54,61)/t29-,30+,34+/m1/s1. The lowest BCUT2D eigenvalue weighted by Gasteiger charge is -2.22. The first kappa shape index (κ1) is 49.9. The lowest BCUT2D eigenvalue weighted by Crippen LogP contribution is -2.42. The number of aromatic nitrogens is 2. The van der Waals surface area contributed by atoms with Gasteiger partial charge in [-0.25, -0.2) is 9.78 Å². The molecular weight excluding hydrogens is 905 g/mol. The molecule has 0 bridgehead atoms. The number of Topliss-reactive ketones (excluding diaryl/α,β-unsaturated/α-hetero) is 2. The summed E-state index contributed by atoms with van der Waals surface area (Å²) in [5.41, 5.74) is 3.87. The summed E-state index contributed by atoms with van der Waals surface area (Å²) in [4.78, 5) is 129. The number of carbonyl (C=O) groups is 9. The van der Waals surface area contributed by atoms with Crippen LogP contribution < -0.4 is 30.3 Å². The fourth-order valence-electron chi connectivity index (χ4n) is 8.16. The van der Waals surface area contributed by atoms with Crippen LogP contribution in [0.15, 0.2) is 71.9 Å². The third kappa shape index (κ3) is 12.2. The first-order chi connectivity index (χ1) is 33.6. The Kier molecular flexibility index (Phi) is 15.9. The normalized spacial score (nSPS) is 15.5. The Morgan fingerprint density at radius 2 is 1.59 bits per heavy atom. The molecule has 4 heterocycles. The number of anilines is 3. The van der Waals surface area contributed by atoms with Crippen molar-refractivity contribution in [2.45, 2.75) is 96.6 Å². The van der Waals surface area contributed by atoms with E-state index in [0.717, 1.165) is 11.3 Å². The van der Waals surface area contributed by atoms with E-state index in [4.69, 9.17) is 14.3 Å². The summed E-state index contributed by atoms with van der Waals surface area (Å²) in [6, 6.07) is 16.6.